The van der Waals surface area contributed by atoms with Crippen molar-refractivity contribution in [2.24, 2.45) is 0 Å². The first-order valence-electron chi connectivity index (χ1n) is 3.07. The molecule has 2 nitrogen and oxygen atoms in total. The molecule has 0 aliphatic carbocycles. The molecule has 1 rings (SSSR count). The summed E-state index contributed by atoms with van der Waals surface area (Å²) in [6, 6.07) is 1.05. The van der Waals surface area contributed by atoms with Gasteiger partial charge >= 0.3 is 6.36 Å². The fourth-order valence-electron chi connectivity index (χ4n) is 0.652. The number of ether oxygens (including phenoxy) is 1. The van der Waals surface area contributed by atoms with Gasteiger partial charge in [-0.05, 0) is 22.0 Å². The van der Waals surface area contributed by atoms with Crippen molar-refractivity contribution in [3.05, 3.63) is 20.8 Å². The van der Waals surface area contributed by atoms with E-state index in [1.807, 2.05) is 0 Å². The van der Waals surface area contributed by atoms with Crippen LogP contribution in [0.25, 0.3) is 0 Å². The third-order valence-electron chi connectivity index (χ3n) is 1.07. The van der Waals surface area contributed by atoms with E-state index in [9.17, 15) is 13.2 Å². The number of aromatic nitrogens is 1. The van der Waals surface area contributed by atoms with Crippen molar-refractivity contribution in [3.8, 4) is 5.75 Å². The molecule has 8 heteroatoms. The summed E-state index contributed by atoms with van der Waals surface area (Å²) in [5.74, 6) is -0.608. The standard InChI is InChI=1S/C6HBrCl2F3NO/c7-5-4(14-6(10,11)12)2(8)1-3(9)13-5/h1H. The Balaban J connectivity index is 3.09. The van der Waals surface area contributed by atoms with Crippen molar-refractivity contribution in [1.29, 1.82) is 0 Å². The first kappa shape index (κ1) is 11.9. The highest BCUT2D eigenvalue weighted by molar-refractivity contribution is 9.10. The van der Waals surface area contributed by atoms with E-state index < -0.39 is 12.1 Å². The predicted molar refractivity (Wildman–Crippen MR) is 48.6 cm³/mol. The Morgan fingerprint density at radius 2 is 1.93 bits per heavy atom. The molecular formula is C6HBrCl2F3NO. The van der Waals surface area contributed by atoms with Crippen LogP contribution in [0.15, 0.2) is 10.7 Å². The highest BCUT2D eigenvalue weighted by Crippen LogP contribution is 2.36. The number of rotatable bonds is 1. The van der Waals surface area contributed by atoms with Gasteiger partial charge in [-0.1, -0.05) is 23.2 Å². The summed E-state index contributed by atoms with van der Waals surface area (Å²) >= 11 is 13.6. The molecule has 0 aromatic carbocycles. The summed E-state index contributed by atoms with van der Waals surface area (Å²) in [6.07, 6.45) is -4.82. The zero-order valence-corrected chi connectivity index (χ0v) is 9.30. The van der Waals surface area contributed by atoms with Crippen molar-refractivity contribution in [2.45, 2.75) is 6.36 Å². The highest BCUT2D eigenvalue weighted by Gasteiger charge is 2.33. The van der Waals surface area contributed by atoms with Gasteiger partial charge in [0.15, 0.2) is 10.4 Å². The molecular weight excluding hydrogens is 310 g/mol. The van der Waals surface area contributed by atoms with Gasteiger partial charge < -0.3 is 4.74 Å². The SMILES string of the molecule is FC(F)(F)Oc1c(Cl)cc(Cl)nc1Br. The van der Waals surface area contributed by atoms with Gasteiger partial charge in [0.25, 0.3) is 0 Å². The van der Waals surface area contributed by atoms with Crippen LogP contribution in [0, 0.1) is 0 Å². The lowest BCUT2D eigenvalue weighted by Crippen LogP contribution is -2.18. The van der Waals surface area contributed by atoms with Crippen LogP contribution in [0.4, 0.5) is 13.2 Å². The van der Waals surface area contributed by atoms with E-state index in [4.69, 9.17) is 23.2 Å². The Morgan fingerprint density at radius 1 is 1.36 bits per heavy atom. The third-order valence-corrected chi connectivity index (χ3v) is 2.08. The van der Waals surface area contributed by atoms with Gasteiger partial charge in [-0.3, -0.25) is 0 Å². The van der Waals surface area contributed by atoms with Gasteiger partial charge in [0.2, 0.25) is 0 Å². The zero-order valence-electron chi connectivity index (χ0n) is 6.20. The van der Waals surface area contributed by atoms with Gasteiger partial charge in [-0.2, -0.15) is 0 Å². The van der Waals surface area contributed by atoms with Crippen LogP contribution in [-0.2, 0) is 0 Å². The number of hydrogen-bond acceptors (Lipinski definition) is 2. The minimum Gasteiger partial charge on any atom is -0.401 e. The molecule has 0 fully saturated rings. The molecule has 0 atom stereocenters. The largest absolute Gasteiger partial charge is 0.573 e. The van der Waals surface area contributed by atoms with Crippen LogP contribution in [0.1, 0.15) is 0 Å². The Kier molecular flexibility index (Phi) is 3.49. The van der Waals surface area contributed by atoms with Gasteiger partial charge in [-0.15, -0.1) is 13.2 Å². The van der Waals surface area contributed by atoms with E-state index in [0.29, 0.717) is 0 Å². The highest BCUT2D eigenvalue weighted by atomic mass is 79.9. The van der Waals surface area contributed by atoms with Gasteiger partial charge in [-0.25, -0.2) is 4.98 Å². The minimum absolute atomic E-state index is 0.0311. The molecule has 1 aromatic heterocycles. The molecule has 0 saturated carbocycles. The van der Waals surface area contributed by atoms with E-state index in [0.717, 1.165) is 6.07 Å². The summed E-state index contributed by atoms with van der Waals surface area (Å²) in [7, 11) is 0. The van der Waals surface area contributed by atoms with Crippen molar-refractivity contribution in [3.63, 3.8) is 0 Å². The number of halogens is 6. The molecule has 0 N–H and O–H groups in total. The van der Waals surface area contributed by atoms with Crippen LogP contribution < -0.4 is 4.74 Å². The molecule has 0 spiro atoms. The van der Waals surface area contributed by atoms with Gasteiger partial charge in [0.05, 0.1) is 5.02 Å². The summed E-state index contributed by atoms with van der Waals surface area (Å²) in [5.41, 5.74) is 0. The Hall–Kier alpha value is -0.200. The Bertz CT molecular complexity index is 334. The second kappa shape index (κ2) is 4.12. The second-order valence-electron chi connectivity index (χ2n) is 2.09. The predicted octanol–water partition coefficient (Wildman–Crippen LogP) is 4.05. The van der Waals surface area contributed by atoms with Crippen molar-refractivity contribution >= 4 is 39.1 Å². The lowest BCUT2D eigenvalue weighted by molar-refractivity contribution is -0.275. The fourth-order valence-corrected chi connectivity index (χ4v) is 1.83. The van der Waals surface area contributed by atoms with Crippen LogP contribution >= 0.6 is 39.1 Å². The fraction of sp³-hybridized carbons (Fsp3) is 0.167. The molecule has 78 valence electrons. The minimum atomic E-state index is -4.82. The summed E-state index contributed by atoms with van der Waals surface area (Å²) in [5, 5.41) is -0.300. The average molecular weight is 311 g/mol. The quantitative estimate of drug-likeness (QED) is 0.730. The molecule has 1 aromatic rings. The smallest absolute Gasteiger partial charge is 0.401 e. The van der Waals surface area contributed by atoms with E-state index in [-0.39, 0.29) is 14.8 Å². The van der Waals surface area contributed by atoms with Crippen LogP contribution in [0.3, 0.4) is 0 Å². The third kappa shape index (κ3) is 3.18. The molecule has 0 bridgehead atoms. The van der Waals surface area contributed by atoms with Crippen LogP contribution in [-0.4, -0.2) is 11.3 Å². The van der Waals surface area contributed by atoms with Crippen molar-refractivity contribution < 1.29 is 17.9 Å². The molecule has 0 unspecified atom stereocenters. The van der Waals surface area contributed by atoms with E-state index in [2.05, 4.69) is 25.7 Å². The van der Waals surface area contributed by atoms with Crippen molar-refractivity contribution in [2.75, 3.05) is 0 Å². The van der Waals surface area contributed by atoms with Gasteiger partial charge in [0, 0.05) is 0 Å². The topological polar surface area (TPSA) is 22.1 Å². The summed E-state index contributed by atoms with van der Waals surface area (Å²) in [4.78, 5) is 3.49. The lowest BCUT2D eigenvalue weighted by atomic mass is 10.4. The Labute approximate surface area is 95.1 Å². The van der Waals surface area contributed by atoms with Gasteiger partial charge in [0.1, 0.15) is 5.15 Å². The number of pyridine rings is 1. The zero-order chi connectivity index (χ0) is 10.9. The maximum Gasteiger partial charge on any atom is 0.573 e. The van der Waals surface area contributed by atoms with Crippen LogP contribution in [0.5, 0.6) is 5.75 Å². The monoisotopic (exact) mass is 309 g/mol. The van der Waals surface area contributed by atoms with Crippen LogP contribution in [0.2, 0.25) is 10.2 Å². The molecule has 0 amide bonds. The van der Waals surface area contributed by atoms with E-state index in [1.165, 1.54) is 0 Å². The average Bonchev–Trinajstić information content (AvgIpc) is 1.95. The first-order chi connectivity index (χ1) is 6.29. The number of hydrogen-bond donors (Lipinski definition) is 0. The maximum absolute atomic E-state index is 11.8. The molecule has 14 heavy (non-hydrogen) atoms. The second-order valence-corrected chi connectivity index (χ2v) is 3.64. The molecule has 1 heterocycles. The van der Waals surface area contributed by atoms with E-state index >= 15 is 0 Å². The Morgan fingerprint density at radius 3 is 2.36 bits per heavy atom. The molecule has 0 saturated heterocycles. The molecule has 0 aliphatic heterocycles. The lowest BCUT2D eigenvalue weighted by Gasteiger charge is -2.11. The summed E-state index contributed by atoms with van der Waals surface area (Å²) in [6.45, 7) is 0. The normalized spacial score (nSPS) is 11.6. The number of alkyl halides is 3. The number of nitrogens with zero attached hydrogens (tertiary/aromatic N) is 1. The molecule has 0 aliphatic rings. The van der Waals surface area contributed by atoms with Crippen molar-refractivity contribution in [1.82, 2.24) is 4.98 Å². The first-order valence-corrected chi connectivity index (χ1v) is 4.62. The molecule has 0 radical (unpaired) electrons. The maximum atomic E-state index is 11.8. The summed E-state index contributed by atoms with van der Waals surface area (Å²) < 4.78 is 38.9. The van der Waals surface area contributed by atoms with E-state index in [1.54, 1.807) is 0 Å².